The van der Waals surface area contributed by atoms with Gasteiger partial charge in [0.05, 0.1) is 22.2 Å². The number of carboxylic acids is 2. The molecule has 0 atom stereocenters. The summed E-state index contributed by atoms with van der Waals surface area (Å²) in [5, 5.41) is 17.9. The van der Waals surface area contributed by atoms with Crippen molar-refractivity contribution in [1.29, 1.82) is 0 Å². The van der Waals surface area contributed by atoms with E-state index < -0.39 is 23.2 Å². The number of carbonyl (C=O) groups is 2. The quantitative estimate of drug-likeness (QED) is 0.692. The lowest BCUT2D eigenvalue weighted by atomic mass is 10.1. The molecule has 0 unspecified atom stereocenters. The molecule has 1 aromatic heterocycles. The number of rotatable bonds is 2. The van der Waals surface area contributed by atoms with Crippen LogP contribution >= 0.6 is 0 Å². The monoisotopic (exact) mass is 236 g/mol. The van der Waals surface area contributed by atoms with Gasteiger partial charge in [-0.05, 0) is 12.1 Å². The van der Waals surface area contributed by atoms with E-state index in [1.807, 2.05) is 0 Å². The number of benzene rings is 1. The van der Waals surface area contributed by atoms with E-state index in [2.05, 4.69) is 4.98 Å². The van der Waals surface area contributed by atoms with Gasteiger partial charge in [-0.3, -0.25) is 4.57 Å². The van der Waals surface area contributed by atoms with Crippen molar-refractivity contribution in [3.8, 4) is 0 Å². The van der Waals surface area contributed by atoms with Gasteiger partial charge in [0.15, 0.2) is 0 Å². The molecule has 1 aromatic carbocycles. The highest BCUT2D eigenvalue weighted by molar-refractivity contribution is 6.10. The van der Waals surface area contributed by atoms with Crippen molar-refractivity contribution in [3.05, 3.63) is 33.7 Å². The van der Waals surface area contributed by atoms with Gasteiger partial charge in [-0.2, -0.15) is 0 Å². The van der Waals surface area contributed by atoms with E-state index in [9.17, 15) is 14.4 Å². The van der Waals surface area contributed by atoms with Gasteiger partial charge >= 0.3 is 17.6 Å². The predicted molar refractivity (Wildman–Crippen MR) is 57.5 cm³/mol. The van der Waals surface area contributed by atoms with Crippen molar-refractivity contribution in [2.75, 3.05) is 0 Å². The average Bonchev–Trinajstić information content (AvgIpc) is 2.53. The Kier molecular flexibility index (Phi) is 2.24. The number of aromatic carboxylic acids is 2. The molecule has 0 aliphatic heterocycles. The molecule has 88 valence electrons. The zero-order valence-corrected chi connectivity index (χ0v) is 8.72. The van der Waals surface area contributed by atoms with Crippen LogP contribution in [-0.2, 0) is 7.05 Å². The van der Waals surface area contributed by atoms with Crippen LogP contribution in [0.25, 0.3) is 11.0 Å². The highest BCUT2D eigenvalue weighted by Gasteiger charge is 2.21. The fraction of sp³-hybridized carbons (Fsp3) is 0.100. The third-order valence-electron chi connectivity index (χ3n) is 2.53. The van der Waals surface area contributed by atoms with Crippen LogP contribution in [0.3, 0.4) is 0 Å². The van der Waals surface area contributed by atoms with E-state index in [4.69, 9.17) is 10.2 Å². The molecule has 1 heterocycles. The van der Waals surface area contributed by atoms with Gasteiger partial charge in [0.1, 0.15) is 0 Å². The summed E-state index contributed by atoms with van der Waals surface area (Å²) < 4.78 is 1.22. The van der Waals surface area contributed by atoms with Gasteiger partial charge in [-0.1, -0.05) is 0 Å². The predicted octanol–water partition coefficient (Wildman–Crippen LogP) is 0.263. The number of aromatic amines is 1. The number of fused-ring (bicyclic) bond motifs is 1. The Morgan fingerprint density at radius 3 is 2.41 bits per heavy atom. The van der Waals surface area contributed by atoms with Gasteiger partial charge in [0.2, 0.25) is 0 Å². The molecule has 0 amide bonds. The van der Waals surface area contributed by atoms with Crippen molar-refractivity contribution in [3.63, 3.8) is 0 Å². The van der Waals surface area contributed by atoms with Gasteiger partial charge in [-0.15, -0.1) is 0 Å². The maximum absolute atomic E-state index is 11.4. The molecular formula is C10H8N2O5. The summed E-state index contributed by atoms with van der Waals surface area (Å²) >= 11 is 0. The SMILES string of the molecule is Cn1c(=O)[nH]c2c(C(=O)O)c(C(=O)O)ccc21. The van der Waals surface area contributed by atoms with Crippen LogP contribution in [0.5, 0.6) is 0 Å². The van der Waals surface area contributed by atoms with E-state index >= 15 is 0 Å². The van der Waals surface area contributed by atoms with Crippen LogP contribution in [0, 0.1) is 0 Å². The molecule has 0 radical (unpaired) electrons. The van der Waals surface area contributed by atoms with Gasteiger partial charge in [-0.25, -0.2) is 14.4 Å². The maximum atomic E-state index is 11.4. The Labute approximate surface area is 93.9 Å². The van der Waals surface area contributed by atoms with Crippen molar-refractivity contribution in [2.45, 2.75) is 0 Å². The number of nitrogens with zero attached hydrogens (tertiary/aromatic N) is 1. The zero-order chi connectivity index (χ0) is 12.7. The summed E-state index contributed by atoms with van der Waals surface area (Å²) in [4.78, 5) is 35.7. The number of hydrogen-bond donors (Lipinski definition) is 3. The Bertz CT molecular complexity index is 695. The molecule has 17 heavy (non-hydrogen) atoms. The topological polar surface area (TPSA) is 112 Å². The second kappa shape index (κ2) is 3.48. The summed E-state index contributed by atoms with van der Waals surface area (Å²) in [6.45, 7) is 0. The molecule has 0 bridgehead atoms. The summed E-state index contributed by atoms with van der Waals surface area (Å²) in [6, 6.07) is 2.56. The smallest absolute Gasteiger partial charge is 0.338 e. The molecule has 7 nitrogen and oxygen atoms in total. The van der Waals surface area contributed by atoms with Gasteiger partial charge < -0.3 is 15.2 Å². The molecule has 0 fully saturated rings. The van der Waals surface area contributed by atoms with E-state index in [-0.39, 0.29) is 11.1 Å². The fourth-order valence-corrected chi connectivity index (χ4v) is 1.70. The van der Waals surface area contributed by atoms with Crippen LogP contribution in [0.2, 0.25) is 0 Å². The first-order valence-electron chi connectivity index (χ1n) is 4.61. The number of aromatic nitrogens is 2. The normalized spacial score (nSPS) is 10.6. The van der Waals surface area contributed by atoms with Crippen LogP contribution in [-0.4, -0.2) is 31.7 Å². The number of nitrogens with one attached hydrogen (secondary N) is 1. The molecule has 0 saturated heterocycles. The third kappa shape index (κ3) is 1.48. The lowest BCUT2D eigenvalue weighted by molar-refractivity contribution is 0.0653. The second-order valence-electron chi connectivity index (χ2n) is 3.48. The lowest BCUT2D eigenvalue weighted by Gasteiger charge is -2.02. The first-order valence-corrected chi connectivity index (χ1v) is 4.61. The summed E-state index contributed by atoms with van der Waals surface area (Å²) in [7, 11) is 1.47. The molecule has 0 saturated carbocycles. The van der Waals surface area contributed by atoms with E-state index in [0.717, 1.165) is 0 Å². The molecule has 2 rings (SSSR count). The molecule has 0 spiro atoms. The van der Waals surface area contributed by atoms with Gasteiger partial charge in [0, 0.05) is 7.05 Å². The molecule has 0 aliphatic carbocycles. The van der Waals surface area contributed by atoms with E-state index in [1.54, 1.807) is 0 Å². The number of H-pyrrole nitrogens is 1. The van der Waals surface area contributed by atoms with Gasteiger partial charge in [0.25, 0.3) is 0 Å². The Balaban J connectivity index is 2.99. The van der Waals surface area contributed by atoms with Crippen molar-refractivity contribution in [1.82, 2.24) is 9.55 Å². The highest BCUT2D eigenvalue weighted by atomic mass is 16.4. The van der Waals surface area contributed by atoms with E-state index in [0.29, 0.717) is 5.52 Å². The number of hydrogen-bond acceptors (Lipinski definition) is 3. The molecule has 3 N–H and O–H groups in total. The molecular weight excluding hydrogens is 228 g/mol. The van der Waals surface area contributed by atoms with Crippen LogP contribution < -0.4 is 5.69 Å². The molecule has 0 aliphatic rings. The average molecular weight is 236 g/mol. The largest absolute Gasteiger partial charge is 0.478 e. The third-order valence-corrected chi connectivity index (χ3v) is 2.53. The highest BCUT2D eigenvalue weighted by Crippen LogP contribution is 2.19. The van der Waals surface area contributed by atoms with E-state index in [1.165, 1.54) is 23.7 Å². The lowest BCUT2D eigenvalue weighted by Crippen LogP contribution is -2.11. The van der Waals surface area contributed by atoms with Crippen LogP contribution in [0.4, 0.5) is 0 Å². The minimum Gasteiger partial charge on any atom is -0.478 e. The van der Waals surface area contributed by atoms with Crippen molar-refractivity contribution < 1.29 is 19.8 Å². The standard InChI is InChI=1S/C10H8N2O5/c1-12-5-3-2-4(8(13)14)6(9(15)16)7(5)11-10(12)17/h2-3H,1H3,(H,11,17)(H,13,14)(H,15,16). The first-order chi connectivity index (χ1) is 7.93. The summed E-state index contributed by atoms with van der Waals surface area (Å²) in [5.74, 6) is -2.75. The number of aryl methyl sites for hydroxylation is 1. The Hall–Kier alpha value is -2.57. The number of imidazole rings is 1. The number of carboxylic acid groups (broad SMARTS) is 2. The van der Waals surface area contributed by atoms with Crippen molar-refractivity contribution in [2.24, 2.45) is 7.05 Å². The van der Waals surface area contributed by atoms with Crippen LogP contribution in [0.1, 0.15) is 20.7 Å². The molecule has 7 heteroatoms. The fourth-order valence-electron chi connectivity index (χ4n) is 1.70. The second-order valence-corrected chi connectivity index (χ2v) is 3.48. The maximum Gasteiger partial charge on any atom is 0.338 e. The van der Waals surface area contributed by atoms with Crippen LogP contribution in [0.15, 0.2) is 16.9 Å². The Morgan fingerprint density at radius 2 is 1.88 bits per heavy atom. The summed E-state index contributed by atoms with van der Waals surface area (Å²) in [5.41, 5.74) is -0.896. The minimum atomic E-state index is -1.39. The van der Waals surface area contributed by atoms with Crippen molar-refractivity contribution >= 4 is 23.0 Å². The summed E-state index contributed by atoms with van der Waals surface area (Å²) in [6.07, 6.45) is 0. The Morgan fingerprint density at radius 1 is 1.24 bits per heavy atom. The molecule has 2 aromatic rings. The first kappa shape index (κ1) is 10.9. The minimum absolute atomic E-state index is 0.0184. The zero-order valence-electron chi connectivity index (χ0n) is 8.72.